The van der Waals surface area contributed by atoms with E-state index in [0.717, 1.165) is 25.8 Å². The van der Waals surface area contributed by atoms with E-state index < -0.39 is 0 Å². The van der Waals surface area contributed by atoms with Crippen LogP contribution in [0.5, 0.6) is 0 Å². The normalized spacial score (nSPS) is 31.6. The second kappa shape index (κ2) is 3.23. The Hall–Kier alpha value is -0.570. The van der Waals surface area contributed by atoms with E-state index in [9.17, 15) is 4.79 Å². The first-order chi connectivity index (χ1) is 6.50. The Morgan fingerprint density at radius 3 is 2.43 bits per heavy atom. The van der Waals surface area contributed by atoms with Crippen LogP contribution in [-0.4, -0.2) is 28.9 Å². The molecule has 0 aromatic rings. The van der Waals surface area contributed by atoms with Crippen LogP contribution in [0, 0.1) is 5.92 Å². The Bertz CT molecular complexity index is 246. The van der Waals surface area contributed by atoms with Gasteiger partial charge in [0, 0.05) is 24.0 Å². The number of nitrogens with zero attached hydrogens (tertiary/aromatic N) is 1. The molecule has 2 N–H and O–H groups in total. The third kappa shape index (κ3) is 1.54. The van der Waals surface area contributed by atoms with Gasteiger partial charge in [-0.15, -0.1) is 0 Å². The highest BCUT2D eigenvalue weighted by molar-refractivity contribution is 5.80. The van der Waals surface area contributed by atoms with Crippen molar-refractivity contribution in [2.75, 3.05) is 6.54 Å². The second-order valence-electron chi connectivity index (χ2n) is 5.35. The van der Waals surface area contributed by atoms with Crippen molar-refractivity contribution >= 4 is 5.91 Å². The van der Waals surface area contributed by atoms with Gasteiger partial charge in [-0.1, -0.05) is 6.42 Å². The van der Waals surface area contributed by atoms with Crippen molar-refractivity contribution in [3.63, 3.8) is 0 Å². The Kier molecular flexibility index (Phi) is 2.30. The summed E-state index contributed by atoms with van der Waals surface area (Å²) in [5.74, 6) is 0.647. The van der Waals surface area contributed by atoms with Crippen LogP contribution in [0.25, 0.3) is 0 Å². The summed E-state index contributed by atoms with van der Waals surface area (Å²) in [5.41, 5.74) is 5.88. The zero-order valence-electron chi connectivity index (χ0n) is 9.12. The van der Waals surface area contributed by atoms with Gasteiger partial charge in [-0.05, 0) is 33.1 Å². The van der Waals surface area contributed by atoms with Crippen LogP contribution >= 0.6 is 0 Å². The molecule has 3 nitrogen and oxygen atoms in total. The number of rotatable bonds is 1. The summed E-state index contributed by atoms with van der Waals surface area (Å²) in [6.45, 7) is 5.00. The van der Waals surface area contributed by atoms with E-state index in [2.05, 4.69) is 13.8 Å². The summed E-state index contributed by atoms with van der Waals surface area (Å²) in [4.78, 5) is 14.1. The molecule has 0 aromatic heterocycles. The zero-order chi connectivity index (χ0) is 10.3. The Morgan fingerprint density at radius 2 is 2.07 bits per heavy atom. The van der Waals surface area contributed by atoms with Gasteiger partial charge in [0.25, 0.3) is 0 Å². The monoisotopic (exact) mass is 196 g/mol. The molecule has 2 rings (SSSR count). The van der Waals surface area contributed by atoms with Gasteiger partial charge in [-0.2, -0.15) is 0 Å². The minimum atomic E-state index is -0.0217. The van der Waals surface area contributed by atoms with Crippen molar-refractivity contribution in [2.45, 2.75) is 51.1 Å². The Labute approximate surface area is 85.6 Å². The van der Waals surface area contributed by atoms with Gasteiger partial charge in [0.15, 0.2) is 0 Å². The number of likely N-dealkylation sites (tertiary alicyclic amines) is 1. The molecule has 0 spiro atoms. The molecular formula is C11H20N2O. The first kappa shape index (κ1) is 9.97. The molecule has 1 aliphatic heterocycles. The van der Waals surface area contributed by atoms with Gasteiger partial charge in [-0.3, -0.25) is 4.79 Å². The van der Waals surface area contributed by atoms with E-state index in [4.69, 9.17) is 5.73 Å². The van der Waals surface area contributed by atoms with Gasteiger partial charge in [0.05, 0.1) is 0 Å². The van der Waals surface area contributed by atoms with Crippen molar-refractivity contribution in [1.29, 1.82) is 0 Å². The summed E-state index contributed by atoms with van der Waals surface area (Å²) < 4.78 is 0. The molecule has 0 radical (unpaired) electrons. The molecule has 0 aromatic carbocycles. The first-order valence-electron chi connectivity index (χ1n) is 5.58. The van der Waals surface area contributed by atoms with Crippen LogP contribution in [-0.2, 0) is 4.79 Å². The molecule has 3 heteroatoms. The van der Waals surface area contributed by atoms with Crippen LogP contribution in [0.1, 0.15) is 39.5 Å². The van der Waals surface area contributed by atoms with E-state index >= 15 is 0 Å². The lowest BCUT2D eigenvalue weighted by atomic mass is 9.83. The van der Waals surface area contributed by atoms with E-state index in [-0.39, 0.29) is 11.6 Å². The van der Waals surface area contributed by atoms with Crippen molar-refractivity contribution in [1.82, 2.24) is 4.90 Å². The fraction of sp³-hybridized carbons (Fsp3) is 0.909. The molecule has 1 atom stereocenters. The molecule has 1 saturated carbocycles. The minimum absolute atomic E-state index is 0.0217. The maximum atomic E-state index is 12.1. The predicted molar refractivity (Wildman–Crippen MR) is 55.7 cm³/mol. The molecular weight excluding hydrogens is 176 g/mol. The third-order valence-electron chi connectivity index (χ3n) is 3.63. The topological polar surface area (TPSA) is 46.3 Å². The number of hydrogen-bond acceptors (Lipinski definition) is 2. The van der Waals surface area contributed by atoms with Crippen LogP contribution in [0.2, 0.25) is 0 Å². The molecule has 14 heavy (non-hydrogen) atoms. The summed E-state index contributed by atoms with van der Waals surface area (Å²) in [5, 5.41) is 0. The maximum absolute atomic E-state index is 12.1. The maximum Gasteiger partial charge on any atom is 0.226 e. The van der Waals surface area contributed by atoms with E-state index in [1.807, 2.05) is 4.90 Å². The molecule has 0 bridgehead atoms. The summed E-state index contributed by atoms with van der Waals surface area (Å²) in [7, 11) is 0. The van der Waals surface area contributed by atoms with Crippen LogP contribution in [0.15, 0.2) is 0 Å². The zero-order valence-corrected chi connectivity index (χ0v) is 9.12. The molecule has 2 aliphatic rings. The second-order valence-corrected chi connectivity index (χ2v) is 5.35. The standard InChI is InChI=1S/C11H20N2O/c1-11(2)6-9(12)7-13(11)10(14)8-4-3-5-8/h8-9H,3-7,12H2,1-2H3. The van der Waals surface area contributed by atoms with Crippen molar-refractivity contribution in [2.24, 2.45) is 11.7 Å². The largest absolute Gasteiger partial charge is 0.336 e. The summed E-state index contributed by atoms with van der Waals surface area (Å²) in [6.07, 6.45) is 4.32. The number of nitrogens with two attached hydrogens (primary N) is 1. The van der Waals surface area contributed by atoms with Crippen LogP contribution in [0.3, 0.4) is 0 Å². The lowest BCUT2D eigenvalue weighted by Crippen LogP contribution is -2.47. The van der Waals surface area contributed by atoms with Crippen molar-refractivity contribution in [3.05, 3.63) is 0 Å². The quantitative estimate of drug-likeness (QED) is 0.683. The molecule has 2 fully saturated rings. The Balaban J connectivity index is 2.05. The highest BCUT2D eigenvalue weighted by Gasteiger charge is 2.42. The van der Waals surface area contributed by atoms with E-state index in [1.165, 1.54) is 6.42 Å². The number of amides is 1. The third-order valence-corrected chi connectivity index (χ3v) is 3.63. The minimum Gasteiger partial charge on any atom is -0.336 e. The lowest BCUT2D eigenvalue weighted by Gasteiger charge is -2.37. The highest BCUT2D eigenvalue weighted by Crippen LogP contribution is 2.34. The van der Waals surface area contributed by atoms with Crippen molar-refractivity contribution in [3.8, 4) is 0 Å². The van der Waals surface area contributed by atoms with E-state index in [0.29, 0.717) is 11.8 Å². The average Bonchev–Trinajstić information content (AvgIpc) is 2.20. The van der Waals surface area contributed by atoms with Crippen LogP contribution in [0.4, 0.5) is 0 Å². The summed E-state index contributed by atoms with van der Waals surface area (Å²) >= 11 is 0. The van der Waals surface area contributed by atoms with Crippen molar-refractivity contribution < 1.29 is 4.79 Å². The molecule has 1 heterocycles. The fourth-order valence-electron chi connectivity index (χ4n) is 2.56. The van der Waals surface area contributed by atoms with Gasteiger partial charge in [-0.25, -0.2) is 0 Å². The van der Waals surface area contributed by atoms with Gasteiger partial charge in [0.1, 0.15) is 0 Å². The van der Waals surface area contributed by atoms with E-state index in [1.54, 1.807) is 0 Å². The van der Waals surface area contributed by atoms with Gasteiger partial charge in [0.2, 0.25) is 5.91 Å². The molecule has 1 unspecified atom stereocenters. The van der Waals surface area contributed by atoms with Crippen LogP contribution < -0.4 is 5.73 Å². The number of carbonyl (C=O) groups excluding carboxylic acids is 1. The number of hydrogen-bond donors (Lipinski definition) is 1. The molecule has 1 aliphatic carbocycles. The average molecular weight is 196 g/mol. The molecule has 80 valence electrons. The molecule has 1 amide bonds. The summed E-state index contributed by atoms with van der Waals surface area (Å²) in [6, 6.07) is 0.175. The smallest absolute Gasteiger partial charge is 0.226 e. The SMILES string of the molecule is CC1(C)CC(N)CN1C(=O)C1CCC1. The number of carbonyl (C=O) groups is 1. The lowest BCUT2D eigenvalue weighted by molar-refractivity contribution is -0.141. The Morgan fingerprint density at radius 1 is 1.43 bits per heavy atom. The molecule has 1 saturated heterocycles. The fourth-order valence-corrected chi connectivity index (χ4v) is 2.56. The van der Waals surface area contributed by atoms with Gasteiger partial charge < -0.3 is 10.6 Å². The predicted octanol–water partition coefficient (Wildman–Crippen LogP) is 1.12. The highest BCUT2D eigenvalue weighted by atomic mass is 16.2. The first-order valence-corrected chi connectivity index (χ1v) is 5.58. The van der Waals surface area contributed by atoms with Gasteiger partial charge >= 0.3 is 0 Å².